The molecule has 0 radical (unpaired) electrons. The van der Waals surface area contributed by atoms with Gasteiger partial charge < -0.3 is 10.1 Å². The highest BCUT2D eigenvalue weighted by molar-refractivity contribution is 5.57. The van der Waals surface area contributed by atoms with E-state index in [2.05, 4.69) is 5.32 Å². The van der Waals surface area contributed by atoms with Gasteiger partial charge in [-0.25, -0.2) is 0 Å². The Labute approximate surface area is 119 Å². The zero-order valence-electron chi connectivity index (χ0n) is 11.0. The Morgan fingerprint density at radius 2 is 1.62 bits per heavy atom. The lowest BCUT2D eigenvalue weighted by molar-refractivity contribution is -0.384. The van der Waals surface area contributed by atoms with Crippen molar-refractivity contribution >= 4 is 17.1 Å². The molecule has 0 unspecified atom stereocenters. The summed E-state index contributed by atoms with van der Waals surface area (Å²) in [6.45, 7) is 0. The second kappa shape index (κ2) is 5.87. The average Bonchev–Trinajstić information content (AvgIpc) is 2.47. The molecule has 0 saturated carbocycles. The SMILES string of the molecule is CNc1cc(Oc2cccc([N+](=O)[O-])c2)cc([N+](=O)[O-])c1. The predicted octanol–water partition coefficient (Wildman–Crippen LogP) is 3.34. The van der Waals surface area contributed by atoms with Gasteiger partial charge >= 0.3 is 0 Å². The summed E-state index contributed by atoms with van der Waals surface area (Å²) in [4.78, 5) is 20.5. The van der Waals surface area contributed by atoms with E-state index in [0.29, 0.717) is 5.69 Å². The molecule has 0 aliphatic rings. The maximum Gasteiger partial charge on any atom is 0.275 e. The van der Waals surface area contributed by atoms with Gasteiger partial charge in [-0.3, -0.25) is 20.2 Å². The lowest BCUT2D eigenvalue weighted by atomic mass is 10.2. The van der Waals surface area contributed by atoms with Crippen LogP contribution < -0.4 is 10.1 Å². The number of nitrogens with zero attached hydrogens (tertiary/aromatic N) is 2. The van der Waals surface area contributed by atoms with Gasteiger partial charge in [-0.2, -0.15) is 0 Å². The molecule has 2 aromatic rings. The van der Waals surface area contributed by atoms with E-state index in [0.717, 1.165) is 0 Å². The van der Waals surface area contributed by atoms with E-state index in [9.17, 15) is 20.2 Å². The number of ether oxygens (including phenoxy) is 1. The lowest BCUT2D eigenvalue weighted by Crippen LogP contribution is -1.95. The molecule has 21 heavy (non-hydrogen) atoms. The maximum atomic E-state index is 10.9. The predicted molar refractivity (Wildman–Crippen MR) is 75.8 cm³/mol. The van der Waals surface area contributed by atoms with Crippen molar-refractivity contribution in [2.75, 3.05) is 12.4 Å². The lowest BCUT2D eigenvalue weighted by Gasteiger charge is -2.07. The second-order valence-corrected chi connectivity index (χ2v) is 4.08. The number of rotatable bonds is 5. The first-order valence-electron chi connectivity index (χ1n) is 5.89. The van der Waals surface area contributed by atoms with Gasteiger partial charge in [0.05, 0.1) is 22.0 Å². The van der Waals surface area contributed by atoms with Gasteiger partial charge in [0.2, 0.25) is 0 Å². The molecule has 0 bridgehead atoms. The molecule has 1 N–H and O–H groups in total. The zero-order valence-corrected chi connectivity index (χ0v) is 11.0. The smallest absolute Gasteiger partial charge is 0.275 e. The number of benzene rings is 2. The van der Waals surface area contributed by atoms with Crippen LogP contribution in [-0.2, 0) is 0 Å². The Balaban J connectivity index is 2.34. The van der Waals surface area contributed by atoms with Crippen LogP contribution in [0.15, 0.2) is 42.5 Å². The first-order chi connectivity index (χ1) is 9.99. The van der Waals surface area contributed by atoms with Crippen LogP contribution in [0, 0.1) is 20.2 Å². The Bertz CT molecular complexity index is 702. The molecule has 0 aromatic heterocycles. The summed E-state index contributed by atoms with van der Waals surface area (Å²) in [6, 6.07) is 9.76. The summed E-state index contributed by atoms with van der Waals surface area (Å²) < 4.78 is 5.45. The Morgan fingerprint density at radius 3 is 2.24 bits per heavy atom. The molecule has 0 aliphatic carbocycles. The summed E-state index contributed by atoms with van der Waals surface area (Å²) in [5, 5.41) is 24.3. The number of hydrogen-bond donors (Lipinski definition) is 1. The number of nitrogens with one attached hydrogen (secondary N) is 1. The van der Waals surface area contributed by atoms with Crippen LogP contribution in [0.5, 0.6) is 11.5 Å². The quantitative estimate of drug-likeness (QED) is 0.668. The van der Waals surface area contributed by atoms with Crippen LogP contribution in [-0.4, -0.2) is 16.9 Å². The fourth-order valence-corrected chi connectivity index (χ4v) is 1.69. The molecule has 2 rings (SSSR count). The number of hydrogen-bond acceptors (Lipinski definition) is 6. The minimum Gasteiger partial charge on any atom is -0.457 e. The standard InChI is InChI=1S/C13H11N3O5/c1-14-9-5-11(16(19)20)8-13(6-9)21-12-4-2-3-10(7-12)15(17)18/h2-8,14H,1H3. The van der Waals surface area contributed by atoms with Gasteiger partial charge in [-0.05, 0) is 6.07 Å². The van der Waals surface area contributed by atoms with Crippen LogP contribution in [0.1, 0.15) is 0 Å². The molecule has 8 nitrogen and oxygen atoms in total. The summed E-state index contributed by atoms with van der Waals surface area (Å²) >= 11 is 0. The van der Waals surface area contributed by atoms with Gasteiger partial charge in [-0.15, -0.1) is 0 Å². The number of anilines is 1. The van der Waals surface area contributed by atoms with Gasteiger partial charge in [0, 0.05) is 30.9 Å². The van der Waals surface area contributed by atoms with E-state index in [4.69, 9.17) is 4.74 Å². The topological polar surface area (TPSA) is 108 Å². The zero-order chi connectivity index (χ0) is 15.4. The van der Waals surface area contributed by atoms with Gasteiger partial charge in [0.15, 0.2) is 0 Å². The summed E-state index contributed by atoms with van der Waals surface area (Å²) in [7, 11) is 1.62. The molecule has 0 fully saturated rings. The molecular weight excluding hydrogens is 278 g/mol. The minimum absolute atomic E-state index is 0.119. The highest BCUT2D eigenvalue weighted by atomic mass is 16.6. The van der Waals surface area contributed by atoms with E-state index in [1.54, 1.807) is 13.1 Å². The molecule has 2 aromatic carbocycles. The van der Waals surface area contributed by atoms with Crippen molar-refractivity contribution in [2.45, 2.75) is 0 Å². The van der Waals surface area contributed by atoms with Crippen molar-refractivity contribution in [3.63, 3.8) is 0 Å². The summed E-state index contributed by atoms with van der Waals surface area (Å²) in [5.41, 5.74) is 0.249. The van der Waals surface area contributed by atoms with Crippen molar-refractivity contribution in [3.8, 4) is 11.5 Å². The molecule has 0 aliphatic heterocycles. The van der Waals surface area contributed by atoms with E-state index in [-0.39, 0.29) is 22.9 Å². The number of nitro groups is 2. The molecule has 0 amide bonds. The molecular formula is C13H11N3O5. The first kappa shape index (κ1) is 14.3. The molecule has 0 heterocycles. The third-order valence-corrected chi connectivity index (χ3v) is 2.65. The minimum atomic E-state index is -0.542. The van der Waals surface area contributed by atoms with Crippen LogP contribution in [0.25, 0.3) is 0 Å². The van der Waals surface area contributed by atoms with Crippen molar-refractivity contribution in [1.29, 1.82) is 0 Å². The maximum absolute atomic E-state index is 10.9. The fraction of sp³-hybridized carbons (Fsp3) is 0.0769. The van der Waals surface area contributed by atoms with E-state index >= 15 is 0 Å². The van der Waals surface area contributed by atoms with Crippen LogP contribution >= 0.6 is 0 Å². The molecule has 0 spiro atoms. The third-order valence-electron chi connectivity index (χ3n) is 2.65. The second-order valence-electron chi connectivity index (χ2n) is 4.08. The average molecular weight is 289 g/mol. The fourth-order valence-electron chi connectivity index (χ4n) is 1.69. The highest BCUT2D eigenvalue weighted by Crippen LogP contribution is 2.30. The Kier molecular flexibility index (Phi) is 3.98. The molecule has 0 atom stereocenters. The molecule has 0 saturated heterocycles. The van der Waals surface area contributed by atoms with Crippen LogP contribution in [0.3, 0.4) is 0 Å². The molecule has 8 heteroatoms. The largest absolute Gasteiger partial charge is 0.457 e. The van der Waals surface area contributed by atoms with Gasteiger partial charge in [0.1, 0.15) is 11.5 Å². The van der Waals surface area contributed by atoms with Crippen LogP contribution in [0.4, 0.5) is 17.1 Å². The van der Waals surface area contributed by atoms with E-state index in [1.165, 1.54) is 36.4 Å². The van der Waals surface area contributed by atoms with Crippen molar-refractivity contribution < 1.29 is 14.6 Å². The third kappa shape index (κ3) is 3.44. The van der Waals surface area contributed by atoms with Crippen molar-refractivity contribution in [1.82, 2.24) is 0 Å². The summed E-state index contributed by atoms with van der Waals surface area (Å²) in [5.74, 6) is 0.445. The Morgan fingerprint density at radius 1 is 0.952 bits per heavy atom. The van der Waals surface area contributed by atoms with Gasteiger partial charge in [-0.1, -0.05) is 6.07 Å². The summed E-state index contributed by atoms with van der Waals surface area (Å²) in [6.07, 6.45) is 0. The highest BCUT2D eigenvalue weighted by Gasteiger charge is 2.12. The van der Waals surface area contributed by atoms with E-state index < -0.39 is 9.85 Å². The van der Waals surface area contributed by atoms with Crippen molar-refractivity contribution in [2.24, 2.45) is 0 Å². The Hall–Kier alpha value is -3.16. The molecule has 108 valence electrons. The van der Waals surface area contributed by atoms with Crippen molar-refractivity contribution in [3.05, 3.63) is 62.7 Å². The van der Waals surface area contributed by atoms with Crippen LogP contribution in [0.2, 0.25) is 0 Å². The number of nitro benzene ring substituents is 2. The normalized spacial score (nSPS) is 9.95. The van der Waals surface area contributed by atoms with E-state index in [1.807, 2.05) is 0 Å². The number of non-ortho nitro benzene ring substituents is 2. The monoisotopic (exact) mass is 289 g/mol. The first-order valence-corrected chi connectivity index (χ1v) is 5.89. The van der Waals surface area contributed by atoms with Gasteiger partial charge in [0.25, 0.3) is 11.4 Å².